The summed E-state index contributed by atoms with van der Waals surface area (Å²) in [4.78, 5) is 4.03. The van der Waals surface area contributed by atoms with Crippen LogP contribution in [0.5, 0.6) is 0 Å². The molecule has 0 saturated heterocycles. The molecule has 0 bridgehead atoms. The van der Waals surface area contributed by atoms with Gasteiger partial charge in [-0.1, -0.05) is 0 Å². The number of hydrogen-bond acceptors (Lipinski definition) is 2. The summed E-state index contributed by atoms with van der Waals surface area (Å²) >= 11 is 1.32. The molecule has 0 radical (unpaired) electrons. The number of halogens is 4. The smallest absolute Gasteiger partial charge is 0.241 e. The molecule has 0 unspecified atom stereocenters. The summed E-state index contributed by atoms with van der Waals surface area (Å²) in [5.41, 5.74) is -0.549. The molecule has 1 heterocycles. The van der Waals surface area contributed by atoms with Crippen LogP contribution < -0.4 is 0 Å². The van der Waals surface area contributed by atoms with Crippen molar-refractivity contribution >= 4 is 11.3 Å². The molecule has 1 aromatic carbocycles. The van der Waals surface area contributed by atoms with E-state index in [0.29, 0.717) is 11.8 Å². The Hall–Kier alpha value is -1.43. The largest absolute Gasteiger partial charge is 0.416 e. The second-order valence-electron chi connectivity index (χ2n) is 3.44. The number of rotatable bonds is 1. The first-order valence-electron chi connectivity index (χ1n) is 4.67. The molecular weight excluding hydrogens is 254 g/mol. The quantitative estimate of drug-likeness (QED) is 0.698. The van der Waals surface area contributed by atoms with Crippen LogP contribution in [0, 0.1) is 12.7 Å². The predicted molar refractivity (Wildman–Crippen MR) is 57.2 cm³/mol. The van der Waals surface area contributed by atoms with Crippen molar-refractivity contribution in [2.24, 2.45) is 0 Å². The van der Waals surface area contributed by atoms with Gasteiger partial charge >= 0.3 is 6.18 Å². The van der Waals surface area contributed by atoms with Crippen molar-refractivity contribution in [2.75, 3.05) is 0 Å². The van der Waals surface area contributed by atoms with Crippen LogP contribution in [0.4, 0.5) is 17.6 Å². The summed E-state index contributed by atoms with van der Waals surface area (Å²) in [6.07, 6.45) is -4.53. The highest BCUT2D eigenvalue weighted by molar-refractivity contribution is 7.09. The lowest BCUT2D eigenvalue weighted by atomic mass is 10.1. The lowest BCUT2D eigenvalue weighted by Gasteiger charge is -2.07. The van der Waals surface area contributed by atoms with E-state index in [-0.39, 0.29) is 5.56 Å². The van der Waals surface area contributed by atoms with E-state index >= 15 is 0 Å². The normalized spacial score (nSPS) is 11.8. The van der Waals surface area contributed by atoms with Crippen LogP contribution in [0.1, 0.15) is 10.6 Å². The monoisotopic (exact) mass is 261 g/mol. The van der Waals surface area contributed by atoms with Gasteiger partial charge < -0.3 is 0 Å². The minimum absolute atomic E-state index is 0.0855. The molecule has 90 valence electrons. The maximum Gasteiger partial charge on any atom is 0.416 e. The summed E-state index contributed by atoms with van der Waals surface area (Å²) in [5, 5.41) is 2.35. The zero-order valence-corrected chi connectivity index (χ0v) is 9.49. The van der Waals surface area contributed by atoms with Crippen molar-refractivity contribution in [2.45, 2.75) is 13.1 Å². The number of aryl methyl sites for hydroxylation is 1. The summed E-state index contributed by atoms with van der Waals surface area (Å²) < 4.78 is 50.5. The van der Waals surface area contributed by atoms with E-state index in [2.05, 4.69) is 4.98 Å². The molecule has 0 saturated carbocycles. The number of hydrogen-bond donors (Lipinski definition) is 0. The van der Waals surface area contributed by atoms with Gasteiger partial charge in [0.25, 0.3) is 0 Å². The van der Waals surface area contributed by atoms with Crippen molar-refractivity contribution in [3.05, 3.63) is 40.0 Å². The van der Waals surface area contributed by atoms with Crippen molar-refractivity contribution in [3.8, 4) is 11.3 Å². The molecule has 1 aromatic heterocycles. The minimum Gasteiger partial charge on any atom is -0.241 e. The lowest BCUT2D eigenvalue weighted by Crippen LogP contribution is -2.05. The van der Waals surface area contributed by atoms with Crippen LogP contribution in [0.2, 0.25) is 0 Å². The van der Waals surface area contributed by atoms with E-state index in [9.17, 15) is 17.6 Å². The van der Waals surface area contributed by atoms with Gasteiger partial charge in [-0.2, -0.15) is 13.2 Å². The first-order chi connectivity index (χ1) is 7.88. The highest BCUT2D eigenvalue weighted by Crippen LogP contribution is 2.32. The van der Waals surface area contributed by atoms with E-state index < -0.39 is 17.6 Å². The Labute approximate surface area is 98.7 Å². The Bertz CT molecular complexity index is 545. The third-order valence-electron chi connectivity index (χ3n) is 2.19. The first kappa shape index (κ1) is 12.0. The van der Waals surface area contributed by atoms with Crippen LogP contribution in [-0.2, 0) is 6.18 Å². The lowest BCUT2D eigenvalue weighted by molar-refractivity contribution is -0.137. The SMILES string of the molecule is Cc1nc(-c2ccc(C(F)(F)F)cc2F)cs1. The van der Waals surface area contributed by atoms with Gasteiger partial charge in [-0.3, -0.25) is 0 Å². The van der Waals surface area contributed by atoms with Gasteiger partial charge in [-0.05, 0) is 25.1 Å². The molecule has 17 heavy (non-hydrogen) atoms. The number of nitrogens with zero attached hydrogens (tertiary/aromatic N) is 1. The molecule has 0 amide bonds. The second-order valence-corrected chi connectivity index (χ2v) is 4.51. The molecule has 2 aromatic rings. The van der Waals surface area contributed by atoms with E-state index in [0.717, 1.165) is 17.1 Å². The van der Waals surface area contributed by atoms with Crippen LogP contribution in [0.25, 0.3) is 11.3 Å². The van der Waals surface area contributed by atoms with Crippen LogP contribution in [0.3, 0.4) is 0 Å². The summed E-state index contributed by atoms with van der Waals surface area (Å²) in [5.74, 6) is -0.912. The van der Waals surface area contributed by atoms with E-state index in [1.807, 2.05) is 0 Å². The first-order valence-corrected chi connectivity index (χ1v) is 5.55. The van der Waals surface area contributed by atoms with Crippen molar-refractivity contribution in [1.29, 1.82) is 0 Å². The molecule has 0 spiro atoms. The minimum atomic E-state index is -4.53. The van der Waals surface area contributed by atoms with Gasteiger partial charge in [0.1, 0.15) is 5.82 Å². The molecule has 0 N–H and O–H groups in total. The molecular formula is C11H7F4NS. The van der Waals surface area contributed by atoms with Crippen molar-refractivity contribution in [3.63, 3.8) is 0 Å². The Morgan fingerprint density at radius 3 is 2.41 bits per heavy atom. The Balaban J connectivity index is 2.45. The van der Waals surface area contributed by atoms with E-state index in [1.54, 1.807) is 12.3 Å². The Kier molecular flexibility index (Phi) is 2.91. The van der Waals surface area contributed by atoms with Crippen LogP contribution >= 0.6 is 11.3 Å². The fourth-order valence-corrected chi connectivity index (χ4v) is 2.00. The van der Waals surface area contributed by atoms with E-state index in [1.165, 1.54) is 11.3 Å². The molecule has 0 aliphatic carbocycles. The van der Waals surface area contributed by atoms with Gasteiger partial charge in [0.15, 0.2) is 0 Å². The number of benzene rings is 1. The Morgan fingerprint density at radius 1 is 1.24 bits per heavy atom. The standard InChI is InChI=1S/C11H7F4NS/c1-6-16-10(5-17-6)8-3-2-7(4-9(8)12)11(13,14)15/h2-5H,1H3. The summed E-state index contributed by atoms with van der Waals surface area (Å²) in [6, 6.07) is 2.45. The highest BCUT2D eigenvalue weighted by atomic mass is 32.1. The summed E-state index contributed by atoms with van der Waals surface area (Å²) in [6.45, 7) is 1.75. The average molecular weight is 261 g/mol. The number of alkyl halides is 3. The molecule has 1 nitrogen and oxygen atoms in total. The number of thiazole rings is 1. The maximum absolute atomic E-state index is 13.5. The summed E-state index contributed by atoms with van der Waals surface area (Å²) in [7, 11) is 0. The fraction of sp³-hybridized carbons (Fsp3) is 0.182. The Morgan fingerprint density at radius 2 is 1.94 bits per heavy atom. The van der Waals surface area contributed by atoms with Gasteiger partial charge in [0, 0.05) is 10.9 Å². The van der Waals surface area contributed by atoms with Crippen molar-refractivity contribution < 1.29 is 17.6 Å². The number of aromatic nitrogens is 1. The highest BCUT2D eigenvalue weighted by Gasteiger charge is 2.31. The average Bonchev–Trinajstić information content (AvgIpc) is 2.63. The zero-order valence-electron chi connectivity index (χ0n) is 8.68. The molecule has 0 aliphatic rings. The third kappa shape index (κ3) is 2.46. The van der Waals surface area contributed by atoms with Gasteiger partial charge in [-0.15, -0.1) is 11.3 Å². The van der Waals surface area contributed by atoms with E-state index in [4.69, 9.17) is 0 Å². The molecule has 0 aliphatic heterocycles. The zero-order chi connectivity index (χ0) is 12.6. The second kappa shape index (κ2) is 4.10. The molecule has 0 atom stereocenters. The van der Waals surface area contributed by atoms with Gasteiger partial charge in [0.2, 0.25) is 0 Å². The molecule has 6 heteroatoms. The maximum atomic E-state index is 13.5. The third-order valence-corrected chi connectivity index (χ3v) is 2.96. The van der Waals surface area contributed by atoms with Crippen LogP contribution in [0.15, 0.2) is 23.6 Å². The van der Waals surface area contributed by atoms with Gasteiger partial charge in [-0.25, -0.2) is 9.37 Å². The topological polar surface area (TPSA) is 12.9 Å². The molecule has 0 fully saturated rings. The predicted octanol–water partition coefficient (Wildman–Crippen LogP) is 4.28. The molecule has 2 rings (SSSR count). The van der Waals surface area contributed by atoms with Gasteiger partial charge in [0.05, 0.1) is 16.3 Å². The van der Waals surface area contributed by atoms with Crippen LogP contribution in [-0.4, -0.2) is 4.98 Å². The fourth-order valence-electron chi connectivity index (χ4n) is 1.39. The van der Waals surface area contributed by atoms with Crippen molar-refractivity contribution in [1.82, 2.24) is 4.98 Å².